The quantitative estimate of drug-likeness (QED) is 0.576. The summed E-state index contributed by atoms with van der Waals surface area (Å²) >= 11 is 0. The summed E-state index contributed by atoms with van der Waals surface area (Å²) in [5.41, 5.74) is 5.90. The molecule has 0 amide bonds. The summed E-state index contributed by atoms with van der Waals surface area (Å²) < 4.78 is 0. The van der Waals surface area contributed by atoms with E-state index in [4.69, 9.17) is 0 Å². The van der Waals surface area contributed by atoms with Gasteiger partial charge in [-0.25, -0.2) is 0 Å². The SMILES string of the molecule is CC1(C)CC=C(/C(=C\c2ccccc2)c2ccccc2)CC1. The topological polar surface area (TPSA) is 0 Å². The normalized spacial score (nSPS) is 17.9. The van der Waals surface area contributed by atoms with Crippen molar-refractivity contribution in [3.63, 3.8) is 0 Å². The van der Waals surface area contributed by atoms with E-state index in [1.54, 1.807) is 0 Å². The van der Waals surface area contributed by atoms with Crippen molar-refractivity contribution < 1.29 is 0 Å². The molecule has 0 spiro atoms. The standard InChI is InChI=1S/C22H24/c1-22(2)15-13-20(14-16-22)21(19-11-7-4-8-12-19)17-18-9-5-3-6-10-18/h3-13,17H,14-16H2,1-2H3/b21-17-. The van der Waals surface area contributed by atoms with E-state index in [-0.39, 0.29) is 0 Å². The van der Waals surface area contributed by atoms with E-state index < -0.39 is 0 Å². The molecule has 1 aliphatic carbocycles. The van der Waals surface area contributed by atoms with Crippen molar-refractivity contribution in [1.29, 1.82) is 0 Å². The zero-order chi connectivity index (χ0) is 15.4. The Kier molecular flexibility index (Phi) is 4.29. The number of rotatable bonds is 3. The van der Waals surface area contributed by atoms with Crippen LogP contribution in [0, 0.1) is 5.41 Å². The van der Waals surface area contributed by atoms with Crippen LogP contribution in [0.3, 0.4) is 0 Å². The minimum absolute atomic E-state index is 0.443. The summed E-state index contributed by atoms with van der Waals surface area (Å²) in [7, 11) is 0. The lowest BCUT2D eigenvalue weighted by atomic mass is 9.76. The highest BCUT2D eigenvalue weighted by Gasteiger charge is 2.23. The Balaban J connectivity index is 2.01. The van der Waals surface area contributed by atoms with Gasteiger partial charge in [-0.3, -0.25) is 0 Å². The highest BCUT2D eigenvalue weighted by atomic mass is 14.3. The first-order valence-electron chi connectivity index (χ1n) is 8.16. The third-order valence-corrected chi connectivity index (χ3v) is 4.51. The van der Waals surface area contributed by atoms with Crippen LogP contribution in [-0.4, -0.2) is 0 Å². The van der Waals surface area contributed by atoms with Crippen LogP contribution in [0.2, 0.25) is 0 Å². The Bertz CT molecular complexity index is 672. The molecule has 22 heavy (non-hydrogen) atoms. The lowest BCUT2D eigenvalue weighted by molar-refractivity contribution is 0.327. The fourth-order valence-corrected chi connectivity index (χ4v) is 3.02. The fraction of sp³-hybridized carbons (Fsp3) is 0.273. The molecule has 0 fully saturated rings. The lowest BCUT2D eigenvalue weighted by Gasteiger charge is -2.29. The minimum Gasteiger partial charge on any atom is -0.0802 e. The smallest absolute Gasteiger partial charge is 0.0149 e. The molecular weight excluding hydrogens is 264 g/mol. The van der Waals surface area contributed by atoms with Gasteiger partial charge in [-0.05, 0) is 53.0 Å². The second-order valence-electron chi connectivity index (χ2n) is 6.93. The van der Waals surface area contributed by atoms with Crippen LogP contribution >= 0.6 is 0 Å². The lowest BCUT2D eigenvalue weighted by Crippen LogP contribution is -2.14. The molecule has 1 aliphatic rings. The summed E-state index contributed by atoms with van der Waals surface area (Å²) in [5, 5.41) is 0. The van der Waals surface area contributed by atoms with E-state index in [0.717, 1.165) is 0 Å². The molecule has 0 atom stereocenters. The molecule has 0 saturated carbocycles. The molecule has 0 aromatic heterocycles. The van der Waals surface area contributed by atoms with E-state index in [0.29, 0.717) is 5.41 Å². The molecule has 0 radical (unpaired) electrons. The Morgan fingerprint density at radius 2 is 1.55 bits per heavy atom. The van der Waals surface area contributed by atoms with E-state index in [1.165, 1.54) is 41.5 Å². The largest absolute Gasteiger partial charge is 0.0802 e. The average Bonchev–Trinajstić information content (AvgIpc) is 2.55. The Morgan fingerprint density at radius 3 is 2.14 bits per heavy atom. The number of allylic oxidation sites excluding steroid dienone is 3. The maximum atomic E-state index is 2.45. The molecule has 0 bridgehead atoms. The van der Waals surface area contributed by atoms with E-state index in [1.807, 2.05) is 0 Å². The average molecular weight is 288 g/mol. The van der Waals surface area contributed by atoms with Crippen molar-refractivity contribution in [3.8, 4) is 0 Å². The summed E-state index contributed by atoms with van der Waals surface area (Å²) in [6.07, 6.45) is 8.38. The highest BCUT2D eigenvalue weighted by molar-refractivity contribution is 5.91. The minimum atomic E-state index is 0.443. The van der Waals surface area contributed by atoms with Gasteiger partial charge in [-0.2, -0.15) is 0 Å². The van der Waals surface area contributed by atoms with Gasteiger partial charge in [-0.15, -0.1) is 0 Å². The van der Waals surface area contributed by atoms with Gasteiger partial charge in [0.15, 0.2) is 0 Å². The molecule has 0 heteroatoms. The summed E-state index contributed by atoms with van der Waals surface area (Å²) in [4.78, 5) is 0. The van der Waals surface area contributed by atoms with Gasteiger partial charge in [0.25, 0.3) is 0 Å². The second kappa shape index (κ2) is 6.36. The van der Waals surface area contributed by atoms with E-state index in [2.05, 4.69) is 86.7 Å². The van der Waals surface area contributed by atoms with E-state index >= 15 is 0 Å². The van der Waals surface area contributed by atoms with Crippen LogP contribution in [-0.2, 0) is 0 Å². The first-order chi connectivity index (χ1) is 10.6. The van der Waals surface area contributed by atoms with Gasteiger partial charge in [0.1, 0.15) is 0 Å². The predicted molar refractivity (Wildman–Crippen MR) is 96.5 cm³/mol. The van der Waals surface area contributed by atoms with Crippen LogP contribution in [0.5, 0.6) is 0 Å². The van der Waals surface area contributed by atoms with Crippen molar-refractivity contribution in [3.05, 3.63) is 83.4 Å². The third kappa shape index (κ3) is 3.57. The first-order valence-corrected chi connectivity index (χ1v) is 8.16. The van der Waals surface area contributed by atoms with Gasteiger partial charge in [0.2, 0.25) is 0 Å². The molecule has 2 aromatic carbocycles. The molecule has 0 saturated heterocycles. The third-order valence-electron chi connectivity index (χ3n) is 4.51. The van der Waals surface area contributed by atoms with Gasteiger partial charge in [0.05, 0.1) is 0 Å². The molecular formula is C22H24. The maximum absolute atomic E-state index is 2.45. The molecule has 0 nitrogen and oxygen atoms in total. The van der Waals surface area contributed by atoms with Gasteiger partial charge < -0.3 is 0 Å². The molecule has 0 N–H and O–H groups in total. The Morgan fingerprint density at radius 1 is 0.909 bits per heavy atom. The van der Waals surface area contributed by atoms with Crippen LogP contribution in [0.15, 0.2) is 72.3 Å². The molecule has 0 aliphatic heterocycles. The predicted octanol–water partition coefficient (Wildman–Crippen LogP) is 6.36. The second-order valence-corrected chi connectivity index (χ2v) is 6.93. The fourth-order valence-electron chi connectivity index (χ4n) is 3.02. The van der Waals surface area contributed by atoms with E-state index in [9.17, 15) is 0 Å². The Labute approximate surface area is 134 Å². The number of hydrogen-bond acceptors (Lipinski definition) is 0. The van der Waals surface area contributed by atoms with Crippen molar-refractivity contribution >= 4 is 11.6 Å². The molecule has 3 rings (SSSR count). The van der Waals surface area contributed by atoms with Gasteiger partial charge in [0, 0.05) is 0 Å². The summed E-state index contributed by atoms with van der Waals surface area (Å²) in [6, 6.07) is 21.4. The zero-order valence-corrected chi connectivity index (χ0v) is 13.5. The highest BCUT2D eigenvalue weighted by Crippen LogP contribution is 2.39. The van der Waals surface area contributed by atoms with Crippen LogP contribution in [0.1, 0.15) is 44.2 Å². The van der Waals surface area contributed by atoms with Gasteiger partial charge in [-0.1, -0.05) is 80.6 Å². The number of hydrogen-bond donors (Lipinski definition) is 0. The molecule has 0 unspecified atom stereocenters. The molecule has 0 heterocycles. The van der Waals surface area contributed by atoms with Crippen molar-refractivity contribution in [1.82, 2.24) is 0 Å². The van der Waals surface area contributed by atoms with Crippen LogP contribution in [0.4, 0.5) is 0 Å². The summed E-state index contributed by atoms with van der Waals surface area (Å²) in [6.45, 7) is 4.73. The molecule has 2 aromatic rings. The summed E-state index contributed by atoms with van der Waals surface area (Å²) in [5.74, 6) is 0. The number of benzene rings is 2. The Hall–Kier alpha value is -2.08. The van der Waals surface area contributed by atoms with Crippen molar-refractivity contribution in [2.75, 3.05) is 0 Å². The van der Waals surface area contributed by atoms with Crippen molar-refractivity contribution in [2.24, 2.45) is 5.41 Å². The monoisotopic (exact) mass is 288 g/mol. The van der Waals surface area contributed by atoms with Crippen LogP contribution < -0.4 is 0 Å². The maximum Gasteiger partial charge on any atom is -0.0149 e. The van der Waals surface area contributed by atoms with Gasteiger partial charge >= 0.3 is 0 Å². The van der Waals surface area contributed by atoms with Crippen LogP contribution in [0.25, 0.3) is 11.6 Å². The first kappa shape index (κ1) is 14.8. The molecule has 112 valence electrons. The van der Waals surface area contributed by atoms with Crippen molar-refractivity contribution in [2.45, 2.75) is 33.1 Å². The zero-order valence-electron chi connectivity index (χ0n) is 13.5.